The van der Waals surface area contributed by atoms with Gasteiger partial charge in [0.25, 0.3) is 5.91 Å². The standard InChI is InChI=1S/C13H8Cl2N4O/c14-11-4-7(5-12(15)18-11)13(20)17-9-2-1-3-10-8(9)6-16-19-10/h1-6H,(H,16,19)(H,17,20). The summed E-state index contributed by atoms with van der Waals surface area (Å²) < 4.78 is 0. The maximum atomic E-state index is 12.2. The van der Waals surface area contributed by atoms with E-state index in [2.05, 4.69) is 20.5 Å². The van der Waals surface area contributed by atoms with Gasteiger partial charge in [-0.15, -0.1) is 0 Å². The minimum absolute atomic E-state index is 0.171. The highest BCUT2D eigenvalue weighted by atomic mass is 35.5. The Bertz CT molecular complexity index is 780. The Kier molecular flexibility index (Phi) is 3.30. The fourth-order valence-corrected chi connectivity index (χ4v) is 2.33. The van der Waals surface area contributed by atoms with Crippen LogP contribution in [0.2, 0.25) is 10.3 Å². The Balaban J connectivity index is 1.94. The SMILES string of the molecule is O=C(Nc1cccc2[nH]ncc12)c1cc(Cl)nc(Cl)c1. The molecule has 2 N–H and O–H groups in total. The first-order valence-electron chi connectivity index (χ1n) is 5.70. The van der Waals surface area contributed by atoms with Crippen molar-refractivity contribution in [3.8, 4) is 0 Å². The van der Waals surface area contributed by atoms with Gasteiger partial charge in [-0.3, -0.25) is 9.89 Å². The van der Waals surface area contributed by atoms with Gasteiger partial charge in [0.05, 0.1) is 17.4 Å². The Morgan fingerprint density at radius 1 is 1.20 bits per heavy atom. The number of nitrogens with one attached hydrogen (secondary N) is 2. The molecule has 0 saturated heterocycles. The van der Waals surface area contributed by atoms with Gasteiger partial charge in [-0.05, 0) is 24.3 Å². The van der Waals surface area contributed by atoms with E-state index in [1.165, 1.54) is 12.1 Å². The minimum Gasteiger partial charge on any atom is -0.321 e. The van der Waals surface area contributed by atoms with Gasteiger partial charge < -0.3 is 5.32 Å². The Hall–Kier alpha value is -2.11. The van der Waals surface area contributed by atoms with Crippen LogP contribution in [0.1, 0.15) is 10.4 Å². The minimum atomic E-state index is -0.315. The molecule has 0 aliphatic rings. The van der Waals surface area contributed by atoms with Crippen LogP contribution in [0.5, 0.6) is 0 Å². The summed E-state index contributed by atoms with van der Waals surface area (Å²) in [4.78, 5) is 16.0. The van der Waals surface area contributed by atoms with Gasteiger partial charge in [-0.25, -0.2) is 4.98 Å². The van der Waals surface area contributed by atoms with E-state index < -0.39 is 0 Å². The van der Waals surface area contributed by atoms with Crippen LogP contribution in [-0.4, -0.2) is 21.1 Å². The summed E-state index contributed by atoms with van der Waals surface area (Å²) in [7, 11) is 0. The summed E-state index contributed by atoms with van der Waals surface area (Å²) in [5, 5.41) is 10.7. The summed E-state index contributed by atoms with van der Waals surface area (Å²) in [6.45, 7) is 0. The molecular weight excluding hydrogens is 299 g/mol. The van der Waals surface area contributed by atoms with Crippen LogP contribution in [0.3, 0.4) is 0 Å². The highest BCUT2D eigenvalue weighted by Gasteiger charge is 2.11. The number of halogens is 2. The van der Waals surface area contributed by atoms with Crippen LogP contribution < -0.4 is 5.32 Å². The monoisotopic (exact) mass is 306 g/mol. The number of aromatic nitrogens is 3. The van der Waals surface area contributed by atoms with Gasteiger partial charge in [0.1, 0.15) is 10.3 Å². The molecule has 1 aromatic carbocycles. The molecule has 0 unspecified atom stereocenters. The normalized spacial score (nSPS) is 10.7. The van der Waals surface area contributed by atoms with Crippen LogP contribution >= 0.6 is 23.2 Å². The Morgan fingerprint density at radius 2 is 1.95 bits per heavy atom. The lowest BCUT2D eigenvalue weighted by molar-refractivity contribution is 0.102. The van der Waals surface area contributed by atoms with Gasteiger partial charge in [0.15, 0.2) is 0 Å². The number of fused-ring (bicyclic) bond motifs is 1. The van der Waals surface area contributed by atoms with Gasteiger partial charge >= 0.3 is 0 Å². The number of rotatable bonds is 2. The number of H-pyrrole nitrogens is 1. The number of pyridine rings is 1. The predicted molar refractivity (Wildman–Crippen MR) is 78.3 cm³/mol. The zero-order chi connectivity index (χ0) is 14.1. The second kappa shape index (κ2) is 5.11. The van der Waals surface area contributed by atoms with Crippen molar-refractivity contribution in [3.63, 3.8) is 0 Å². The average molecular weight is 307 g/mol. The van der Waals surface area contributed by atoms with Crippen LogP contribution in [0.15, 0.2) is 36.5 Å². The van der Waals surface area contributed by atoms with Crippen molar-refractivity contribution in [3.05, 3.63) is 52.4 Å². The zero-order valence-electron chi connectivity index (χ0n) is 10.0. The van der Waals surface area contributed by atoms with Crippen molar-refractivity contribution in [1.29, 1.82) is 0 Å². The summed E-state index contributed by atoms with van der Waals surface area (Å²) in [6.07, 6.45) is 1.65. The molecule has 0 spiro atoms. The number of aromatic amines is 1. The van der Waals surface area contributed by atoms with E-state index in [-0.39, 0.29) is 16.2 Å². The molecule has 7 heteroatoms. The van der Waals surface area contributed by atoms with Crippen LogP contribution in [0, 0.1) is 0 Å². The smallest absolute Gasteiger partial charge is 0.255 e. The first kappa shape index (κ1) is 12.9. The topological polar surface area (TPSA) is 70.7 Å². The first-order valence-corrected chi connectivity index (χ1v) is 6.45. The van der Waals surface area contributed by atoms with Crippen LogP contribution in [0.4, 0.5) is 5.69 Å². The maximum Gasteiger partial charge on any atom is 0.255 e. The number of benzene rings is 1. The van der Waals surface area contributed by atoms with Crippen LogP contribution in [0.25, 0.3) is 10.9 Å². The molecule has 0 fully saturated rings. The number of hydrogen-bond acceptors (Lipinski definition) is 3. The molecule has 0 saturated carbocycles. The molecule has 3 rings (SSSR count). The molecule has 20 heavy (non-hydrogen) atoms. The Morgan fingerprint density at radius 3 is 2.70 bits per heavy atom. The quantitative estimate of drug-likeness (QED) is 0.712. The van der Waals surface area contributed by atoms with E-state index >= 15 is 0 Å². The highest BCUT2D eigenvalue weighted by molar-refractivity contribution is 6.33. The molecule has 2 heterocycles. The molecule has 0 radical (unpaired) electrons. The van der Waals surface area contributed by atoms with Crippen molar-refractivity contribution in [2.75, 3.05) is 5.32 Å². The maximum absolute atomic E-state index is 12.2. The number of hydrogen-bond donors (Lipinski definition) is 2. The van der Waals surface area contributed by atoms with Gasteiger partial charge in [0, 0.05) is 10.9 Å². The van der Waals surface area contributed by atoms with E-state index in [9.17, 15) is 4.79 Å². The summed E-state index contributed by atoms with van der Waals surface area (Å²) in [5.74, 6) is -0.315. The molecule has 0 atom stereocenters. The molecule has 3 aromatic rings. The third-order valence-electron chi connectivity index (χ3n) is 2.76. The van der Waals surface area contributed by atoms with E-state index in [1.54, 1.807) is 12.3 Å². The first-order chi connectivity index (χ1) is 9.63. The number of carbonyl (C=O) groups excluding carboxylic acids is 1. The lowest BCUT2D eigenvalue weighted by Gasteiger charge is -2.06. The number of carbonyl (C=O) groups is 1. The number of nitrogens with zero attached hydrogens (tertiary/aromatic N) is 2. The molecule has 0 bridgehead atoms. The molecule has 2 aromatic heterocycles. The largest absolute Gasteiger partial charge is 0.321 e. The molecule has 0 aliphatic heterocycles. The average Bonchev–Trinajstić information content (AvgIpc) is 2.87. The zero-order valence-corrected chi connectivity index (χ0v) is 11.5. The molecular formula is C13H8Cl2N4O. The third-order valence-corrected chi connectivity index (χ3v) is 3.15. The van der Waals surface area contributed by atoms with E-state index in [0.717, 1.165) is 10.9 Å². The van der Waals surface area contributed by atoms with Gasteiger partial charge in [-0.1, -0.05) is 29.3 Å². The molecule has 5 nitrogen and oxygen atoms in total. The van der Waals surface area contributed by atoms with Crippen LogP contribution in [-0.2, 0) is 0 Å². The summed E-state index contributed by atoms with van der Waals surface area (Å²) in [5.41, 5.74) is 1.84. The van der Waals surface area contributed by atoms with Crippen molar-refractivity contribution in [2.24, 2.45) is 0 Å². The third kappa shape index (κ3) is 2.45. The Labute approximate surface area is 123 Å². The fraction of sp³-hybridized carbons (Fsp3) is 0. The van der Waals surface area contributed by atoms with Crippen molar-refractivity contribution >= 4 is 45.7 Å². The van der Waals surface area contributed by atoms with Crippen molar-refractivity contribution in [1.82, 2.24) is 15.2 Å². The molecule has 1 amide bonds. The lowest BCUT2D eigenvalue weighted by Crippen LogP contribution is -2.12. The second-order valence-corrected chi connectivity index (χ2v) is 4.87. The molecule has 0 aliphatic carbocycles. The number of anilines is 1. The fourth-order valence-electron chi connectivity index (χ4n) is 1.87. The summed E-state index contributed by atoms with van der Waals surface area (Å²) in [6, 6.07) is 8.40. The highest BCUT2D eigenvalue weighted by Crippen LogP contribution is 2.22. The number of amides is 1. The molecule has 100 valence electrons. The lowest BCUT2D eigenvalue weighted by atomic mass is 10.2. The van der Waals surface area contributed by atoms with Crippen molar-refractivity contribution < 1.29 is 4.79 Å². The van der Waals surface area contributed by atoms with E-state index in [4.69, 9.17) is 23.2 Å². The second-order valence-electron chi connectivity index (χ2n) is 4.09. The van der Waals surface area contributed by atoms with E-state index in [0.29, 0.717) is 11.3 Å². The summed E-state index contributed by atoms with van der Waals surface area (Å²) >= 11 is 11.6. The van der Waals surface area contributed by atoms with Gasteiger partial charge in [-0.2, -0.15) is 5.10 Å². The van der Waals surface area contributed by atoms with Crippen molar-refractivity contribution in [2.45, 2.75) is 0 Å². The van der Waals surface area contributed by atoms with Gasteiger partial charge in [0.2, 0.25) is 0 Å². The predicted octanol–water partition coefficient (Wildman–Crippen LogP) is 3.52. The van der Waals surface area contributed by atoms with E-state index in [1.807, 2.05) is 12.1 Å².